The first-order valence-electron chi connectivity index (χ1n) is 13.2. The zero-order chi connectivity index (χ0) is 27.9. The quantitative estimate of drug-likeness (QED) is 0.166. The fourth-order valence-corrected chi connectivity index (χ4v) is 6.53. The first-order valence-corrected chi connectivity index (χ1v) is 14.7. The third-order valence-corrected chi connectivity index (χ3v) is 8.91. The van der Waals surface area contributed by atoms with Crippen molar-refractivity contribution in [3.63, 3.8) is 0 Å². The van der Waals surface area contributed by atoms with Gasteiger partial charge in [0.1, 0.15) is 17.4 Å². The fraction of sp³-hybridized carbons (Fsp3) is 0.226. The molecule has 2 aromatic heterocycles. The minimum atomic E-state index is -4.04. The number of benzene rings is 3. The Labute approximate surface area is 231 Å². The number of aromatic nitrogens is 1. The number of aryl methyl sites for hydroxylation is 2. The number of hydrogen-bond donors (Lipinski definition) is 2. The Kier molecular flexibility index (Phi) is 6.77. The van der Waals surface area contributed by atoms with E-state index >= 15 is 0 Å². The van der Waals surface area contributed by atoms with E-state index in [1.807, 2.05) is 31.2 Å². The van der Waals surface area contributed by atoms with Crippen LogP contribution >= 0.6 is 0 Å². The molecule has 0 bridgehead atoms. The number of H-pyrrole nitrogens is 1. The molecule has 0 amide bonds. The van der Waals surface area contributed by atoms with Crippen LogP contribution in [0, 0.1) is 6.92 Å². The van der Waals surface area contributed by atoms with Crippen molar-refractivity contribution in [3.8, 4) is 5.75 Å². The highest BCUT2D eigenvalue weighted by molar-refractivity contribution is 7.89. The van der Waals surface area contributed by atoms with Gasteiger partial charge >= 0.3 is 11.6 Å². The van der Waals surface area contributed by atoms with Crippen LogP contribution in [0.25, 0.3) is 21.9 Å². The van der Waals surface area contributed by atoms with Crippen LogP contribution in [-0.4, -0.2) is 25.4 Å². The third kappa shape index (κ3) is 5.05. The Hall–Kier alpha value is -4.21. The third-order valence-electron chi connectivity index (χ3n) is 7.43. The van der Waals surface area contributed by atoms with Crippen molar-refractivity contribution >= 4 is 37.9 Å². The highest BCUT2D eigenvalue weighted by Gasteiger charge is 2.29. The van der Waals surface area contributed by atoms with Crippen LogP contribution in [0.3, 0.4) is 0 Å². The van der Waals surface area contributed by atoms with Gasteiger partial charge in [-0.2, -0.15) is 4.72 Å². The van der Waals surface area contributed by atoms with Crippen molar-refractivity contribution in [2.45, 2.75) is 50.0 Å². The lowest BCUT2D eigenvalue weighted by molar-refractivity contribution is -0.136. The van der Waals surface area contributed by atoms with Crippen molar-refractivity contribution in [1.82, 2.24) is 9.71 Å². The van der Waals surface area contributed by atoms with Crippen molar-refractivity contribution in [2.75, 3.05) is 0 Å². The zero-order valence-electron chi connectivity index (χ0n) is 21.9. The molecule has 0 spiro atoms. The molecule has 1 atom stereocenters. The minimum Gasteiger partial charge on any atom is -0.425 e. The second-order valence-electron chi connectivity index (χ2n) is 10.2. The van der Waals surface area contributed by atoms with Crippen LogP contribution in [-0.2, 0) is 34.1 Å². The molecule has 0 unspecified atom stereocenters. The van der Waals surface area contributed by atoms with Crippen LogP contribution in [0.4, 0.5) is 0 Å². The summed E-state index contributed by atoms with van der Waals surface area (Å²) >= 11 is 0. The van der Waals surface area contributed by atoms with E-state index in [4.69, 9.17) is 9.15 Å². The van der Waals surface area contributed by atoms with Crippen LogP contribution in [0.1, 0.15) is 35.1 Å². The molecule has 0 radical (unpaired) electrons. The zero-order valence-corrected chi connectivity index (χ0v) is 22.7. The summed E-state index contributed by atoms with van der Waals surface area (Å²) in [6.07, 6.45) is 5.27. The second kappa shape index (κ2) is 10.4. The molecular formula is C31H28N2O6S. The van der Waals surface area contributed by atoms with Gasteiger partial charge in [-0.25, -0.2) is 18.0 Å². The van der Waals surface area contributed by atoms with Crippen molar-refractivity contribution < 1.29 is 22.4 Å². The molecule has 0 saturated carbocycles. The van der Waals surface area contributed by atoms with Crippen LogP contribution < -0.4 is 15.1 Å². The van der Waals surface area contributed by atoms with Crippen LogP contribution in [0.2, 0.25) is 0 Å². The number of fused-ring (bicyclic) bond motifs is 4. The summed E-state index contributed by atoms with van der Waals surface area (Å²) in [5, 5.41) is 1.71. The summed E-state index contributed by atoms with van der Waals surface area (Å²) in [5.74, 6) is -0.615. The molecule has 204 valence electrons. The normalized spacial score (nSPS) is 14.2. The molecule has 8 nitrogen and oxygen atoms in total. The number of sulfonamides is 1. The molecule has 5 aromatic rings. The van der Waals surface area contributed by atoms with Crippen LogP contribution in [0.15, 0.2) is 87.0 Å². The average Bonchev–Trinajstić information content (AvgIpc) is 3.35. The first-order chi connectivity index (χ1) is 19.3. The van der Waals surface area contributed by atoms with E-state index in [1.54, 1.807) is 30.5 Å². The second-order valence-corrected chi connectivity index (χ2v) is 11.9. The number of para-hydroxylation sites is 1. The lowest BCUT2D eigenvalue weighted by Gasteiger charge is -2.19. The minimum absolute atomic E-state index is 0.0482. The van der Waals surface area contributed by atoms with E-state index in [1.165, 1.54) is 18.2 Å². The summed E-state index contributed by atoms with van der Waals surface area (Å²) < 4.78 is 40.4. The largest absolute Gasteiger partial charge is 0.425 e. The van der Waals surface area contributed by atoms with Gasteiger partial charge in [0, 0.05) is 40.5 Å². The molecule has 2 heterocycles. The topological polar surface area (TPSA) is 118 Å². The number of hydrogen-bond acceptors (Lipinski definition) is 6. The van der Waals surface area contributed by atoms with E-state index < -0.39 is 22.0 Å². The number of nitrogens with one attached hydrogen (secondary N) is 2. The van der Waals surface area contributed by atoms with Gasteiger partial charge in [-0.1, -0.05) is 35.9 Å². The monoisotopic (exact) mass is 556 g/mol. The maximum absolute atomic E-state index is 13.5. The van der Waals surface area contributed by atoms with Gasteiger partial charge in [0.05, 0.1) is 4.90 Å². The SMILES string of the molecule is Cc1ccc(S(=O)(=O)N[C@H](Cc2c[nH]c3ccccc23)C(=O)Oc2ccc3c4c(c(=O)oc3c2)CCCC4)cc1. The lowest BCUT2D eigenvalue weighted by atomic mass is 9.91. The predicted molar refractivity (Wildman–Crippen MR) is 152 cm³/mol. The molecule has 9 heteroatoms. The van der Waals surface area contributed by atoms with Gasteiger partial charge in [0.2, 0.25) is 10.0 Å². The number of ether oxygens (including phenoxy) is 1. The molecule has 40 heavy (non-hydrogen) atoms. The number of esters is 1. The molecule has 0 saturated heterocycles. The number of carbonyl (C=O) groups is 1. The number of rotatable bonds is 7. The van der Waals surface area contributed by atoms with E-state index in [2.05, 4.69) is 9.71 Å². The molecule has 0 aliphatic heterocycles. The van der Waals surface area contributed by atoms with Gasteiger partial charge in [-0.05, 0) is 74.1 Å². The Bertz CT molecular complexity index is 1900. The van der Waals surface area contributed by atoms with E-state index in [0.717, 1.165) is 52.2 Å². The van der Waals surface area contributed by atoms with Crippen molar-refractivity contribution in [3.05, 3.63) is 106 Å². The Morgan fingerprint density at radius 1 is 1.00 bits per heavy atom. The van der Waals surface area contributed by atoms with E-state index in [-0.39, 0.29) is 22.7 Å². The summed E-state index contributed by atoms with van der Waals surface area (Å²) in [4.78, 5) is 29.3. The Balaban J connectivity index is 1.32. The molecule has 0 fully saturated rings. The summed E-state index contributed by atoms with van der Waals surface area (Å²) in [6.45, 7) is 1.86. The molecular weight excluding hydrogens is 528 g/mol. The summed E-state index contributed by atoms with van der Waals surface area (Å²) in [7, 11) is -4.04. The van der Waals surface area contributed by atoms with Gasteiger partial charge in [0.25, 0.3) is 0 Å². The summed E-state index contributed by atoms with van der Waals surface area (Å²) in [5.41, 5.74) is 4.22. The molecule has 3 aromatic carbocycles. The van der Waals surface area contributed by atoms with E-state index in [9.17, 15) is 18.0 Å². The highest BCUT2D eigenvalue weighted by Crippen LogP contribution is 2.29. The average molecular weight is 557 g/mol. The number of aromatic amines is 1. The lowest BCUT2D eigenvalue weighted by Crippen LogP contribution is -2.44. The maximum atomic E-state index is 13.5. The predicted octanol–water partition coefficient (Wildman–Crippen LogP) is 4.96. The molecule has 6 rings (SSSR count). The Morgan fingerprint density at radius 3 is 2.55 bits per heavy atom. The standard InChI is InChI=1S/C31H28N2O6S/c1-19-10-13-22(14-11-19)40(36,37)33-28(16-20-18-32-27-9-5-4-6-23(20)27)31(35)38-21-12-15-25-24-7-2-3-8-26(24)30(34)39-29(25)17-21/h4-6,9-15,17-18,28,32-33H,2-3,7-8,16H2,1H3/t28-/m1/s1. The van der Waals surface area contributed by atoms with Gasteiger partial charge in [0.15, 0.2) is 0 Å². The molecule has 2 N–H and O–H groups in total. The van der Waals surface area contributed by atoms with Gasteiger partial charge in [-0.3, -0.25) is 0 Å². The number of carbonyl (C=O) groups excluding carboxylic acids is 1. The molecule has 1 aliphatic carbocycles. The fourth-order valence-electron chi connectivity index (χ4n) is 5.34. The Morgan fingerprint density at radius 2 is 1.75 bits per heavy atom. The maximum Gasteiger partial charge on any atom is 0.339 e. The van der Waals surface area contributed by atoms with Gasteiger partial charge < -0.3 is 14.1 Å². The van der Waals surface area contributed by atoms with Crippen molar-refractivity contribution in [1.29, 1.82) is 0 Å². The van der Waals surface area contributed by atoms with Crippen LogP contribution in [0.5, 0.6) is 5.75 Å². The molecule has 1 aliphatic rings. The highest BCUT2D eigenvalue weighted by atomic mass is 32.2. The first kappa shape index (κ1) is 26.0. The van der Waals surface area contributed by atoms with Crippen molar-refractivity contribution in [2.24, 2.45) is 0 Å². The van der Waals surface area contributed by atoms with Gasteiger partial charge in [-0.15, -0.1) is 0 Å². The van der Waals surface area contributed by atoms with E-state index in [0.29, 0.717) is 17.6 Å². The summed E-state index contributed by atoms with van der Waals surface area (Å²) in [6, 6.07) is 17.7. The smallest absolute Gasteiger partial charge is 0.339 e.